The maximum atomic E-state index is 12.9. The van der Waals surface area contributed by atoms with E-state index in [0.717, 1.165) is 11.1 Å². The maximum Gasteiger partial charge on any atom is 0.252 e. The number of aromatic nitrogens is 2. The Bertz CT molecular complexity index is 1110. The van der Waals surface area contributed by atoms with Crippen LogP contribution in [0.15, 0.2) is 42.5 Å². The van der Waals surface area contributed by atoms with Crippen LogP contribution < -0.4 is 20.1 Å². The highest BCUT2D eigenvalue weighted by Crippen LogP contribution is 2.32. The number of benzene rings is 2. The minimum atomic E-state index is -0.746. The second kappa shape index (κ2) is 8.73. The number of nitrogens with zero attached hydrogens (tertiary/aromatic N) is 2. The molecule has 2 aromatic carbocycles. The quantitative estimate of drug-likeness (QED) is 0.609. The number of amides is 2. The summed E-state index contributed by atoms with van der Waals surface area (Å²) in [7, 11) is 0. The highest BCUT2D eigenvalue weighted by atomic mass is 32.1. The molecule has 1 aliphatic rings. The van der Waals surface area contributed by atoms with E-state index in [1.807, 2.05) is 45.0 Å². The van der Waals surface area contributed by atoms with E-state index in [-0.39, 0.29) is 24.5 Å². The molecule has 1 unspecified atom stereocenters. The molecule has 0 saturated carbocycles. The molecule has 0 fully saturated rings. The van der Waals surface area contributed by atoms with E-state index < -0.39 is 6.04 Å². The fourth-order valence-corrected chi connectivity index (χ4v) is 3.82. The Balaban J connectivity index is 1.44. The lowest BCUT2D eigenvalue weighted by Gasteiger charge is -2.21. The highest BCUT2D eigenvalue weighted by Gasteiger charge is 2.26. The van der Waals surface area contributed by atoms with Gasteiger partial charge in [-0.2, -0.15) is 0 Å². The van der Waals surface area contributed by atoms with Gasteiger partial charge in [-0.25, -0.2) is 0 Å². The summed E-state index contributed by atoms with van der Waals surface area (Å²) in [6.45, 7) is 5.87. The smallest absolute Gasteiger partial charge is 0.252 e. The first kappa shape index (κ1) is 20.8. The second-order valence-electron chi connectivity index (χ2n) is 7.53. The molecular weight excluding hydrogens is 416 g/mol. The molecule has 3 aromatic rings. The number of carbonyl (C=O) groups excluding carboxylic acids is 2. The lowest BCUT2D eigenvalue weighted by molar-refractivity contribution is -0.118. The number of anilines is 1. The van der Waals surface area contributed by atoms with E-state index in [1.165, 1.54) is 11.3 Å². The number of hydrogen-bond donors (Lipinski definition) is 2. The van der Waals surface area contributed by atoms with Gasteiger partial charge in [0.2, 0.25) is 17.8 Å². The summed E-state index contributed by atoms with van der Waals surface area (Å²) < 4.78 is 10.6. The fraction of sp³-hybridized carbons (Fsp3) is 0.273. The van der Waals surface area contributed by atoms with Gasteiger partial charge < -0.3 is 14.8 Å². The average molecular weight is 439 g/mol. The summed E-state index contributed by atoms with van der Waals surface area (Å²) in [5.41, 5.74) is 2.47. The monoisotopic (exact) mass is 438 g/mol. The molecule has 0 aliphatic carbocycles. The molecule has 0 spiro atoms. The zero-order valence-corrected chi connectivity index (χ0v) is 18.2. The molecule has 0 radical (unpaired) electrons. The predicted molar refractivity (Wildman–Crippen MR) is 117 cm³/mol. The van der Waals surface area contributed by atoms with Crippen molar-refractivity contribution in [3.8, 4) is 22.1 Å². The van der Waals surface area contributed by atoms with E-state index >= 15 is 0 Å². The van der Waals surface area contributed by atoms with E-state index in [0.29, 0.717) is 27.2 Å². The molecule has 2 N–H and O–H groups in total. The fourth-order valence-electron chi connectivity index (χ4n) is 3.07. The van der Waals surface area contributed by atoms with Crippen molar-refractivity contribution in [1.82, 2.24) is 15.5 Å². The van der Waals surface area contributed by atoms with Gasteiger partial charge in [-0.15, -0.1) is 10.2 Å². The third-order valence-corrected chi connectivity index (χ3v) is 5.71. The number of carbonyl (C=O) groups is 2. The number of nitrogens with one attached hydrogen (secondary N) is 2. The Morgan fingerprint density at radius 2 is 1.77 bits per heavy atom. The third kappa shape index (κ3) is 4.66. The van der Waals surface area contributed by atoms with E-state index in [1.54, 1.807) is 18.2 Å². The molecule has 31 heavy (non-hydrogen) atoms. The van der Waals surface area contributed by atoms with Crippen LogP contribution in [0.5, 0.6) is 11.5 Å². The lowest BCUT2D eigenvalue weighted by atomic mass is 10.0. The SMILES string of the molecule is Cc1ccc(-c2nnc(NC(=O)C(NC(=O)c3ccc4c(c3)OCO4)C(C)C)s2)cc1. The van der Waals surface area contributed by atoms with Crippen molar-refractivity contribution in [1.29, 1.82) is 0 Å². The molecule has 2 heterocycles. The Morgan fingerprint density at radius 3 is 2.52 bits per heavy atom. The largest absolute Gasteiger partial charge is 0.454 e. The first-order chi connectivity index (χ1) is 14.9. The molecule has 2 amide bonds. The van der Waals surface area contributed by atoms with Crippen LogP contribution in [0, 0.1) is 12.8 Å². The van der Waals surface area contributed by atoms with Crippen molar-refractivity contribution in [3.63, 3.8) is 0 Å². The number of aryl methyl sites for hydroxylation is 1. The van der Waals surface area contributed by atoms with E-state index in [9.17, 15) is 9.59 Å². The van der Waals surface area contributed by atoms with Gasteiger partial charge in [0.05, 0.1) is 0 Å². The zero-order chi connectivity index (χ0) is 22.0. The number of fused-ring (bicyclic) bond motifs is 1. The molecule has 0 saturated heterocycles. The van der Waals surface area contributed by atoms with Gasteiger partial charge in [-0.05, 0) is 31.0 Å². The number of rotatable bonds is 6. The predicted octanol–water partition coefficient (Wildman–Crippen LogP) is 3.64. The van der Waals surface area contributed by atoms with Crippen LogP contribution in [-0.2, 0) is 4.79 Å². The summed E-state index contributed by atoms with van der Waals surface area (Å²) in [5, 5.41) is 14.9. The number of hydrogen-bond acceptors (Lipinski definition) is 7. The minimum absolute atomic E-state index is 0.129. The van der Waals surface area contributed by atoms with Crippen LogP contribution in [0.25, 0.3) is 10.6 Å². The van der Waals surface area contributed by atoms with E-state index in [2.05, 4.69) is 20.8 Å². The topological polar surface area (TPSA) is 102 Å². The Kier molecular flexibility index (Phi) is 5.85. The molecule has 160 valence electrons. The Hall–Kier alpha value is -3.46. The van der Waals surface area contributed by atoms with Gasteiger partial charge in [-0.1, -0.05) is 55.0 Å². The van der Waals surface area contributed by atoms with Gasteiger partial charge in [0.1, 0.15) is 11.0 Å². The van der Waals surface area contributed by atoms with Gasteiger partial charge in [0.25, 0.3) is 5.91 Å². The normalized spacial score (nSPS) is 13.2. The highest BCUT2D eigenvalue weighted by molar-refractivity contribution is 7.18. The lowest BCUT2D eigenvalue weighted by Crippen LogP contribution is -2.47. The van der Waals surface area contributed by atoms with Crippen molar-refractivity contribution in [3.05, 3.63) is 53.6 Å². The van der Waals surface area contributed by atoms with Gasteiger partial charge >= 0.3 is 0 Å². The second-order valence-corrected chi connectivity index (χ2v) is 8.51. The van der Waals surface area contributed by atoms with Crippen molar-refractivity contribution >= 4 is 28.3 Å². The van der Waals surface area contributed by atoms with Crippen molar-refractivity contribution in [2.45, 2.75) is 26.8 Å². The van der Waals surface area contributed by atoms with Crippen molar-refractivity contribution in [2.75, 3.05) is 12.1 Å². The molecule has 0 bridgehead atoms. The summed E-state index contributed by atoms with van der Waals surface area (Å²) in [6, 6.07) is 12.1. The first-order valence-electron chi connectivity index (χ1n) is 9.82. The molecule has 1 aliphatic heterocycles. The maximum absolute atomic E-state index is 12.9. The summed E-state index contributed by atoms with van der Waals surface area (Å²) in [5.74, 6) is 0.244. The molecular formula is C22H22N4O4S. The Morgan fingerprint density at radius 1 is 1.03 bits per heavy atom. The standard InChI is InChI=1S/C22H22N4O4S/c1-12(2)18(23-19(27)15-8-9-16-17(10-15)30-11-29-16)20(28)24-22-26-25-21(31-22)14-6-4-13(3)5-7-14/h4-10,12,18H,11H2,1-3H3,(H,23,27)(H,24,26,28). The van der Waals surface area contributed by atoms with Gasteiger partial charge in [0.15, 0.2) is 11.5 Å². The minimum Gasteiger partial charge on any atom is -0.454 e. The van der Waals surface area contributed by atoms with Crippen LogP contribution in [0.4, 0.5) is 5.13 Å². The van der Waals surface area contributed by atoms with Crippen LogP contribution in [0.2, 0.25) is 0 Å². The van der Waals surface area contributed by atoms with Crippen molar-refractivity contribution < 1.29 is 19.1 Å². The first-order valence-corrected chi connectivity index (χ1v) is 10.6. The molecule has 1 atom stereocenters. The average Bonchev–Trinajstić information content (AvgIpc) is 3.41. The zero-order valence-electron chi connectivity index (χ0n) is 17.3. The molecule has 1 aromatic heterocycles. The third-order valence-electron chi connectivity index (χ3n) is 4.82. The molecule has 8 nitrogen and oxygen atoms in total. The van der Waals surface area contributed by atoms with Gasteiger partial charge in [-0.3, -0.25) is 14.9 Å². The summed E-state index contributed by atoms with van der Waals surface area (Å²) >= 11 is 1.28. The van der Waals surface area contributed by atoms with Crippen molar-refractivity contribution in [2.24, 2.45) is 5.92 Å². The van der Waals surface area contributed by atoms with E-state index in [4.69, 9.17) is 9.47 Å². The summed E-state index contributed by atoms with van der Waals surface area (Å²) in [4.78, 5) is 25.6. The number of ether oxygens (including phenoxy) is 2. The van der Waals surface area contributed by atoms with Crippen LogP contribution in [0.3, 0.4) is 0 Å². The Labute approximate surface area is 183 Å². The van der Waals surface area contributed by atoms with Gasteiger partial charge in [0, 0.05) is 11.1 Å². The molecule has 4 rings (SSSR count). The van der Waals surface area contributed by atoms with Crippen LogP contribution in [-0.4, -0.2) is 34.8 Å². The summed E-state index contributed by atoms with van der Waals surface area (Å²) in [6.07, 6.45) is 0. The van der Waals surface area contributed by atoms with Crippen LogP contribution in [0.1, 0.15) is 29.8 Å². The van der Waals surface area contributed by atoms with Crippen LogP contribution >= 0.6 is 11.3 Å². The molecule has 9 heteroatoms.